The minimum atomic E-state index is 1.10. The zero-order chi connectivity index (χ0) is 12.8. The van der Waals surface area contributed by atoms with Crippen LogP contribution in [-0.2, 0) is 6.54 Å². The van der Waals surface area contributed by atoms with Crippen molar-refractivity contribution in [2.75, 3.05) is 19.0 Å². The van der Waals surface area contributed by atoms with Gasteiger partial charge in [-0.3, -0.25) is 0 Å². The van der Waals surface area contributed by atoms with Crippen molar-refractivity contribution in [1.82, 2.24) is 4.57 Å². The zero-order valence-electron chi connectivity index (χ0n) is 11.7. The molecule has 0 aliphatic heterocycles. The average molecular weight is 232 g/mol. The molecular formula is C15H24N2. The molecule has 0 fully saturated rings. The predicted molar refractivity (Wildman–Crippen MR) is 77.9 cm³/mol. The first-order chi connectivity index (χ1) is 8.22. The van der Waals surface area contributed by atoms with Crippen LogP contribution in [0.25, 0.3) is 10.9 Å². The van der Waals surface area contributed by atoms with Crippen LogP contribution in [0.5, 0.6) is 0 Å². The Kier molecular flexibility index (Phi) is 5.08. The van der Waals surface area contributed by atoms with E-state index in [9.17, 15) is 0 Å². The largest absolute Gasteiger partial charge is 0.378 e. The second-order valence-corrected chi connectivity index (χ2v) is 4.15. The Labute approximate surface area is 105 Å². The first-order valence-electron chi connectivity index (χ1n) is 6.48. The summed E-state index contributed by atoms with van der Waals surface area (Å²) in [6, 6.07) is 8.81. The summed E-state index contributed by atoms with van der Waals surface area (Å²) in [4.78, 5) is 2.14. The quantitative estimate of drug-likeness (QED) is 0.772. The standard InChI is InChI=1S/C13H18N2.C2H6/c1-4-8-15-9-7-11-10-12(14(2)3)5-6-13(11)15;1-2/h5-7,9-10H,4,8H2,1-3H3;1-2H3. The molecule has 1 heterocycles. The van der Waals surface area contributed by atoms with Crippen molar-refractivity contribution in [1.29, 1.82) is 0 Å². The van der Waals surface area contributed by atoms with E-state index < -0.39 is 0 Å². The van der Waals surface area contributed by atoms with Gasteiger partial charge in [0.1, 0.15) is 0 Å². The highest BCUT2D eigenvalue weighted by Crippen LogP contribution is 2.22. The number of aromatic nitrogens is 1. The average Bonchev–Trinajstić information content (AvgIpc) is 2.75. The topological polar surface area (TPSA) is 8.17 Å². The van der Waals surface area contributed by atoms with Crippen molar-refractivity contribution in [2.45, 2.75) is 33.7 Å². The Hall–Kier alpha value is -1.44. The molecule has 0 saturated heterocycles. The lowest BCUT2D eigenvalue weighted by molar-refractivity contribution is 0.703. The maximum absolute atomic E-state index is 2.31. The van der Waals surface area contributed by atoms with Gasteiger partial charge in [-0.05, 0) is 30.7 Å². The molecule has 0 atom stereocenters. The number of hydrogen-bond donors (Lipinski definition) is 0. The Bertz CT molecular complexity index is 455. The van der Waals surface area contributed by atoms with Crippen molar-refractivity contribution in [3.63, 3.8) is 0 Å². The highest BCUT2D eigenvalue weighted by Gasteiger charge is 2.02. The van der Waals surface area contributed by atoms with Crippen LogP contribution in [0.15, 0.2) is 30.5 Å². The molecule has 2 nitrogen and oxygen atoms in total. The van der Waals surface area contributed by atoms with E-state index in [-0.39, 0.29) is 0 Å². The zero-order valence-corrected chi connectivity index (χ0v) is 11.7. The third kappa shape index (κ3) is 3.02. The molecule has 2 aromatic rings. The van der Waals surface area contributed by atoms with Crippen LogP contribution in [0.3, 0.4) is 0 Å². The van der Waals surface area contributed by atoms with Gasteiger partial charge < -0.3 is 9.47 Å². The lowest BCUT2D eigenvalue weighted by Gasteiger charge is -2.12. The molecule has 0 spiro atoms. The van der Waals surface area contributed by atoms with Crippen molar-refractivity contribution in [2.24, 2.45) is 0 Å². The summed E-state index contributed by atoms with van der Waals surface area (Å²) in [5.74, 6) is 0. The summed E-state index contributed by atoms with van der Waals surface area (Å²) in [5, 5.41) is 1.33. The maximum atomic E-state index is 2.31. The van der Waals surface area contributed by atoms with Gasteiger partial charge in [-0.2, -0.15) is 0 Å². The molecule has 0 aliphatic rings. The van der Waals surface area contributed by atoms with Crippen molar-refractivity contribution in [3.8, 4) is 0 Å². The minimum Gasteiger partial charge on any atom is -0.378 e. The number of hydrogen-bond acceptors (Lipinski definition) is 1. The van der Waals surface area contributed by atoms with Crippen LogP contribution < -0.4 is 4.90 Å². The van der Waals surface area contributed by atoms with Crippen molar-refractivity contribution in [3.05, 3.63) is 30.5 Å². The highest BCUT2D eigenvalue weighted by atomic mass is 15.1. The van der Waals surface area contributed by atoms with Gasteiger partial charge in [0.25, 0.3) is 0 Å². The smallest absolute Gasteiger partial charge is 0.0481 e. The predicted octanol–water partition coefficient (Wildman–Crippen LogP) is 4.14. The van der Waals surface area contributed by atoms with Gasteiger partial charge in [-0.25, -0.2) is 0 Å². The fourth-order valence-electron chi connectivity index (χ4n) is 1.90. The highest BCUT2D eigenvalue weighted by molar-refractivity contribution is 5.83. The molecule has 0 unspecified atom stereocenters. The molecule has 0 radical (unpaired) electrons. The minimum absolute atomic E-state index is 1.10. The Morgan fingerprint density at radius 1 is 1.12 bits per heavy atom. The Morgan fingerprint density at radius 2 is 1.82 bits per heavy atom. The van der Waals surface area contributed by atoms with Gasteiger partial charge in [-0.15, -0.1) is 0 Å². The van der Waals surface area contributed by atoms with Crippen molar-refractivity contribution < 1.29 is 0 Å². The SMILES string of the molecule is CC.CCCn1ccc2cc(N(C)C)ccc21. The molecule has 2 heteroatoms. The monoisotopic (exact) mass is 232 g/mol. The summed E-state index contributed by atoms with van der Waals surface area (Å²) in [7, 11) is 4.15. The van der Waals surface area contributed by atoms with E-state index >= 15 is 0 Å². The molecule has 0 aliphatic carbocycles. The first kappa shape index (κ1) is 13.6. The second kappa shape index (κ2) is 6.33. The third-order valence-electron chi connectivity index (χ3n) is 2.74. The second-order valence-electron chi connectivity index (χ2n) is 4.15. The number of rotatable bonds is 3. The number of anilines is 1. The Balaban J connectivity index is 0.000000686. The van der Waals surface area contributed by atoms with Crippen LogP contribution in [-0.4, -0.2) is 18.7 Å². The van der Waals surface area contributed by atoms with Gasteiger partial charge in [0.2, 0.25) is 0 Å². The molecule has 0 bridgehead atoms. The number of fused-ring (bicyclic) bond motifs is 1. The molecule has 2 rings (SSSR count). The molecule has 17 heavy (non-hydrogen) atoms. The van der Waals surface area contributed by atoms with Gasteiger partial charge in [0.05, 0.1) is 0 Å². The summed E-state index contributed by atoms with van der Waals surface area (Å²) in [6.07, 6.45) is 3.35. The van der Waals surface area contributed by atoms with Gasteiger partial charge >= 0.3 is 0 Å². The van der Waals surface area contributed by atoms with Gasteiger partial charge in [0, 0.05) is 43.4 Å². The molecule has 1 aromatic carbocycles. The van der Waals surface area contributed by atoms with E-state index in [0.717, 1.165) is 6.54 Å². The number of benzene rings is 1. The van der Waals surface area contributed by atoms with Crippen LogP contribution in [0.1, 0.15) is 27.2 Å². The number of nitrogens with zero attached hydrogens (tertiary/aromatic N) is 2. The van der Waals surface area contributed by atoms with Gasteiger partial charge in [-0.1, -0.05) is 20.8 Å². The van der Waals surface area contributed by atoms with Crippen LogP contribution in [0, 0.1) is 0 Å². The van der Waals surface area contributed by atoms with Crippen LogP contribution >= 0.6 is 0 Å². The summed E-state index contributed by atoms with van der Waals surface area (Å²) in [5.41, 5.74) is 2.60. The van der Waals surface area contributed by atoms with E-state index in [1.54, 1.807) is 0 Å². The van der Waals surface area contributed by atoms with E-state index in [0.29, 0.717) is 0 Å². The van der Waals surface area contributed by atoms with Crippen LogP contribution in [0.2, 0.25) is 0 Å². The normalized spacial score (nSPS) is 9.94. The lowest BCUT2D eigenvalue weighted by Crippen LogP contribution is -2.08. The van der Waals surface area contributed by atoms with E-state index in [2.05, 4.69) is 60.9 Å². The number of aryl methyl sites for hydroxylation is 1. The van der Waals surface area contributed by atoms with E-state index in [1.165, 1.54) is 23.0 Å². The van der Waals surface area contributed by atoms with Crippen LogP contribution in [0.4, 0.5) is 5.69 Å². The molecule has 94 valence electrons. The molecule has 1 aromatic heterocycles. The lowest BCUT2D eigenvalue weighted by atomic mass is 10.2. The molecular weight excluding hydrogens is 208 g/mol. The molecule has 0 N–H and O–H groups in total. The van der Waals surface area contributed by atoms with Gasteiger partial charge in [0.15, 0.2) is 0 Å². The molecule has 0 saturated carbocycles. The first-order valence-corrected chi connectivity index (χ1v) is 6.48. The Morgan fingerprint density at radius 3 is 2.41 bits per heavy atom. The fraction of sp³-hybridized carbons (Fsp3) is 0.467. The third-order valence-corrected chi connectivity index (χ3v) is 2.74. The van der Waals surface area contributed by atoms with E-state index in [4.69, 9.17) is 0 Å². The maximum Gasteiger partial charge on any atom is 0.0481 e. The molecule has 0 amide bonds. The summed E-state index contributed by atoms with van der Waals surface area (Å²) < 4.78 is 2.31. The van der Waals surface area contributed by atoms with Crippen molar-refractivity contribution >= 4 is 16.6 Å². The fourth-order valence-corrected chi connectivity index (χ4v) is 1.90. The van der Waals surface area contributed by atoms with E-state index in [1.807, 2.05) is 13.8 Å². The summed E-state index contributed by atoms with van der Waals surface area (Å²) in [6.45, 7) is 7.31. The summed E-state index contributed by atoms with van der Waals surface area (Å²) >= 11 is 0.